The van der Waals surface area contributed by atoms with Crippen LogP contribution in [0.3, 0.4) is 0 Å². The van der Waals surface area contributed by atoms with Gasteiger partial charge in [0.05, 0.1) is 18.1 Å². The van der Waals surface area contributed by atoms with Crippen LogP contribution in [0.15, 0.2) is 71.5 Å². The lowest BCUT2D eigenvalue weighted by molar-refractivity contribution is -0.138. The summed E-state index contributed by atoms with van der Waals surface area (Å²) < 4.78 is 5.31. The molecule has 2 saturated heterocycles. The molecule has 2 fully saturated rings. The first-order valence-electron chi connectivity index (χ1n) is 11.4. The van der Waals surface area contributed by atoms with E-state index in [9.17, 15) is 9.59 Å². The minimum Gasteiger partial charge on any atom is -0.459 e. The van der Waals surface area contributed by atoms with Gasteiger partial charge in [-0.1, -0.05) is 30.3 Å². The van der Waals surface area contributed by atoms with E-state index in [-0.39, 0.29) is 11.8 Å². The molecular formula is C26H28N4O3. The first-order chi connectivity index (χ1) is 16.1. The number of benzene rings is 1. The Labute approximate surface area is 193 Å². The van der Waals surface area contributed by atoms with Crippen LogP contribution in [-0.2, 0) is 11.3 Å². The van der Waals surface area contributed by atoms with Gasteiger partial charge in [-0.05, 0) is 49.6 Å². The van der Waals surface area contributed by atoms with Crippen molar-refractivity contribution in [3.05, 3.63) is 84.1 Å². The van der Waals surface area contributed by atoms with E-state index in [0.717, 1.165) is 17.9 Å². The van der Waals surface area contributed by atoms with E-state index in [0.29, 0.717) is 44.8 Å². The third-order valence-electron chi connectivity index (χ3n) is 6.88. The maximum atomic E-state index is 14.0. The molecule has 1 aromatic carbocycles. The summed E-state index contributed by atoms with van der Waals surface area (Å²) in [7, 11) is 0. The fourth-order valence-corrected chi connectivity index (χ4v) is 4.99. The van der Waals surface area contributed by atoms with Gasteiger partial charge >= 0.3 is 0 Å². The number of furan rings is 1. The van der Waals surface area contributed by atoms with Crippen molar-refractivity contribution in [2.75, 3.05) is 31.1 Å². The summed E-state index contributed by atoms with van der Waals surface area (Å²) in [5, 5.41) is 0. The third-order valence-corrected chi connectivity index (χ3v) is 6.88. The Morgan fingerprint density at radius 3 is 2.45 bits per heavy atom. The van der Waals surface area contributed by atoms with Crippen LogP contribution < -0.4 is 4.90 Å². The van der Waals surface area contributed by atoms with Crippen LogP contribution in [0.1, 0.15) is 34.7 Å². The molecule has 0 bridgehead atoms. The number of amides is 2. The Bertz CT molecular complexity index is 1100. The summed E-state index contributed by atoms with van der Waals surface area (Å²) in [4.78, 5) is 37.2. The largest absolute Gasteiger partial charge is 0.459 e. The molecule has 33 heavy (non-hydrogen) atoms. The van der Waals surface area contributed by atoms with Gasteiger partial charge in [0.1, 0.15) is 5.54 Å². The number of hydrogen-bond acceptors (Lipinski definition) is 5. The normalized spacial score (nSPS) is 18.6. The molecule has 0 saturated carbocycles. The molecule has 2 aromatic heterocycles. The predicted molar refractivity (Wildman–Crippen MR) is 125 cm³/mol. The second-order valence-electron chi connectivity index (χ2n) is 8.82. The van der Waals surface area contributed by atoms with Gasteiger partial charge in [0.25, 0.3) is 5.91 Å². The fraction of sp³-hybridized carbons (Fsp3) is 0.346. The van der Waals surface area contributed by atoms with Crippen molar-refractivity contribution < 1.29 is 14.0 Å². The van der Waals surface area contributed by atoms with Crippen LogP contribution in [0, 0.1) is 6.92 Å². The lowest BCUT2D eigenvalue weighted by atomic mass is 9.81. The highest BCUT2D eigenvalue weighted by Gasteiger charge is 2.51. The number of aromatic nitrogens is 1. The summed E-state index contributed by atoms with van der Waals surface area (Å²) in [6.07, 6.45) is 4.46. The van der Waals surface area contributed by atoms with Gasteiger partial charge in [-0.25, -0.2) is 0 Å². The predicted octanol–water partition coefficient (Wildman–Crippen LogP) is 3.51. The Morgan fingerprint density at radius 2 is 1.79 bits per heavy atom. The molecule has 0 aliphatic carbocycles. The van der Waals surface area contributed by atoms with Crippen molar-refractivity contribution in [1.29, 1.82) is 0 Å². The molecule has 0 N–H and O–H groups in total. The summed E-state index contributed by atoms with van der Waals surface area (Å²) in [5.74, 6) is 0.321. The highest BCUT2D eigenvalue weighted by molar-refractivity contribution is 6.01. The number of pyridine rings is 1. The summed E-state index contributed by atoms with van der Waals surface area (Å²) in [6.45, 7) is 5.05. The van der Waals surface area contributed by atoms with Crippen molar-refractivity contribution in [2.24, 2.45) is 0 Å². The molecule has 0 atom stereocenters. The third kappa shape index (κ3) is 4.04. The smallest absolute Gasteiger partial charge is 0.289 e. The molecule has 170 valence electrons. The van der Waals surface area contributed by atoms with Gasteiger partial charge in [-0.3, -0.25) is 19.5 Å². The number of carbonyl (C=O) groups excluding carboxylic acids is 2. The van der Waals surface area contributed by atoms with Crippen molar-refractivity contribution in [1.82, 2.24) is 14.8 Å². The molecule has 7 heteroatoms. The number of aryl methyl sites for hydroxylation is 1. The van der Waals surface area contributed by atoms with Crippen LogP contribution >= 0.6 is 0 Å². The first kappa shape index (κ1) is 21.4. The Kier molecular flexibility index (Phi) is 5.72. The van der Waals surface area contributed by atoms with Crippen LogP contribution in [0.2, 0.25) is 0 Å². The van der Waals surface area contributed by atoms with Gasteiger partial charge in [-0.2, -0.15) is 0 Å². The van der Waals surface area contributed by atoms with Gasteiger partial charge < -0.3 is 14.2 Å². The van der Waals surface area contributed by atoms with Crippen molar-refractivity contribution in [2.45, 2.75) is 31.8 Å². The van der Waals surface area contributed by atoms with E-state index in [1.807, 2.05) is 42.2 Å². The van der Waals surface area contributed by atoms with E-state index >= 15 is 0 Å². The quantitative estimate of drug-likeness (QED) is 0.616. The highest BCUT2D eigenvalue weighted by Crippen LogP contribution is 2.37. The Balaban J connectivity index is 1.42. The molecule has 0 radical (unpaired) electrons. The summed E-state index contributed by atoms with van der Waals surface area (Å²) in [6, 6.07) is 17.6. The lowest BCUT2D eigenvalue weighted by Crippen LogP contribution is -2.69. The summed E-state index contributed by atoms with van der Waals surface area (Å²) >= 11 is 0. The van der Waals surface area contributed by atoms with Crippen LogP contribution in [0.25, 0.3) is 0 Å². The van der Waals surface area contributed by atoms with Crippen molar-refractivity contribution in [3.8, 4) is 0 Å². The Morgan fingerprint density at radius 1 is 1.00 bits per heavy atom. The zero-order valence-corrected chi connectivity index (χ0v) is 18.8. The number of piperidine rings is 1. The average molecular weight is 445 g/mol. The molecule has 2 aliphatic heterocycles. The monoisotopic (exact) mass is 444 g/mol. The number of nitrogens with zero attached hydrogens (tertiary/aromatic N) is 4. The second kappa shape index (κ2) is 8.83. The zero-order valence-electron chi connectivity index (χ0n) is 18.8. The van der Waals surface area contributed by atoms with Crippen LogP contribution in [0.5, 0.6) is 0 Å². The highest BCUT2D eigenvalue weighted by atomic mass is 16.3. The number of anilines is 1. The molecule has 0 unspecified atom stereocenters. The van der Waals surface area contributed by atoms with Crippen LogP contribution in [-0.4, -0.2) is 58.3 Å². The molecule has 1 spiro atoms. The minimum absolute atomic E-state index is 0.0976. The molecule has 5 rings (SSSR count). The zero-order chi connectivity index (χ0) is 22.8. The number of piperazine rings is 1. The van der Waals surface area contributed by atoms with Gasteiger partial charge in [0.15, 0.2) is 5.76 Å². The Hall–Kier alpha value is -3.45. The fourth-order valence-electron chi connectivity index (χ4n) is 4.99. The maximum Gasteiger partial charge on any atom is 0.289 e. The van der Waals surface area contributed by atoms with E-state index in [1.165, 1.54) is 11.8 Å². The van der Waals surface area contributed by atoms with Crippen LogP contribution in [0.4, 0.5) is 5.69 Å². The molecule has 2 aliphatic rings. The molecule has 4 heterocycles. The summed E-state index contributed by atoms with van der Waals surface area (Å²) in [5.41, 5.74) is 2.29. The van der Waals surface area contributed by atoms with Gasteiger partial charge in [-0.15, -0.1) is 0 Å². The van der Waals surface area contributed by atoms with Crippen molar-refractivity contribution >= 4 is 17.5 Å². The number of carbonyl (C=O) groups is 2. The van der Waals surface area contributed by atoms with E-state index in [4.69, 9.17) is 4.42 Å². The molecular weight excluding hydrogens is 416 g/mol. The lowest BCUT2D eigenvalue weighted by Gasteiger charge is -2.52. The standard InChI is InChI=1S/C26H28N4O3/c1-20-9-10-22(18-27-20)30-16-15-29(19-21-6-3-2-4-7-21)26(25(30)32)11-13-28(14-12-26)24(31)23-8-5-17-33-23/h2-10,17-18H,11-16,19H2,1H3. The molecule has 7 nitrogen and oxygen atoms in total. The SMILES string of the molecule is Cc1ccc(N2CCN(Cc3ccccc3)C3(CCN(C(=O)c4ccco4)CC3)C2=O)cn1. The number of likely N-dealkylation sites (tertiary alicyclic amines) is 1. The molecule has 3 aromatic rings. The molecule has 2 amide bonds. The van der Waals surface area contributed by atoms with Gasteiger partial charge in [0, 0.05) is 38.4 Å². The topological polar surface area (TPSA) is 69.9 Å². The minimum atomic E-state index is -0.654. The van der Waals surface area contributed by atoms with Gasteiger partial charge in [0.2, 0.25) is 5.91 Å². The van der Waals surface area contributed by atoms with E-state index in [1.54, 1.807) is 23.2 Å². The number of hydrogen-bond donors (Lipinski definition) is 0. The maximum absolute atomic E-state index is 14.0. The average Bonchev–Trinajstić information content (AvgIpc) is 3.39. The number of rotatable bonds is 4. The van der Waals surface area contributed by atoms with Crippen molar-refractivity contribution in [3.63, 3.8) is 0 Å². The first-order valence-corrected chi connectivity index (χ1v) is 11.4. The second-order valence-corrected chi connectivity index (χ2v) is 8.82. The van der Waals surface area contributed by atoms with E-state index in [2.05, 4.69) is 22.0 Å². The van der Waals surface area contributed by atoms with E-state index < -0.39 is 5.54 Å².